The molecule has 11 nitrogen and oxygen atoms in total. The van der Waals surface area contributed by atoms with Gasteiger partial charge in [0.25, 0.3) is 5.91 Å². The highest BCUT2D eigenvalue weighted by Gasteiger charge is 2.34. The first-order chi connectivity index (χ1) is 19.4. The number of pyridine rings is 1. The molecule has 0 saturated heterocycles. The van der Waals surface area contributed by atoms with Crippen LogP contribution in [-0.4, -0.2) is 42.8 Å². The predicted molar refractivity (Wildman–Crippen MR) is 145 cm³/mol. The van der Waals surface area contributed by atoms with E-state index in [1.165, 1.54) is 40.6 Å². The number of carbonyl (C=O) groups excluding carboxylic acids is 2. The van der Waals surface area contributed by atoms with Crippen LogP contribution in [0.1, 0.15) is 32.1 Å². The molecule has 0 radical (unpaired) electrons. The van der Waals surface area contributed by atoms with E-state index in [1.807, 2.05) is 0 Å². The molecule has 3 heterocycles. The number of aromatic nitrogens is 5. The number of nitrogens with two attached hydrogens (primary N) is 1. The van der Waals surface area contributed by atoms with E-state index in [1.54, 1.807) is 38.2 Å². The molecule has 0 aliphatic rings. The highest BCUT2D eigenvalue weighted by atomic mass is 19.4. The lowest BCUT2D eigenvalue weighted by Crippen LogP contribution is -2.21. The minimum Gasteiger partial charge on any atom is -0.385 e. The SMILES string of the molecule is CNc1c(-c2ccc(-n3c(C)nn(C)c3=O)cc2)nn2cc(C(F)(F)F)cc(C(=O)Nc3cccc(C(N)=O)c3)c12. The van der Waals surface area contributed by atoms with Crippen LogP contribution >= 0.6 is 0 Å². The number of nitrogens with one attached hydrogen (secondary N) is 2. The highest BCUT2D eigenvalue weighted by Crippen LogP contribution is 2.37. The van der Waals surface area contributed by atoms with E-state index in [9.17, 15) is 27.6 Å². The molecule has 0 saturated carbocycles. The molecule has 4 N–H and O–H groups in total. The van der Waals surface area contributed by atoms with E-state index in [0.29, 0.717) is 22.8 Å². The van der Waals surface area contributed by atoms with Gasteiger partial charge in [-0.05, 0) is 43.3 Å². The van der Waals surface area contributed by atoms with Gasteiger partial charge in [-0.3, -0.25) is 9.59 Å². The number of amides is 2. The zero-order valence-electron chi connectivity index (χ0n) is 21.9. The molecule has 0 fully saturated rings. The predicted octanol–water partition coefficient (Wildman–Crippen LogP) is 3.61. The van der Waals surface area contributed by atoms with Crippen LogP contribution in [0.25, 0.3) is 22.5 Å². The number of alkyl halides is 3. The summed E-state index contributed by atoms with van der Waals surface area (Å²) in [5, 5.41) is 14.0. The Balaban J connectivity index is 1.63. The van der Waals surface area contributed by atoms with Crippen molar-refractivity contribution in [2.45, 2.75) is 13.1 Å². The number of fused-ring (bicyclic) bond motifs is 1. The lowest BCUT2D eigenvalue weighted by atomic mass is 10.1. The number of carbonyl (C=O) groups is 2. The first kappa shape index (κ1) is 27.2. The molecule has 5 rings (SSSR count). The number of halogens is 3. The Morgan fingerprint density at radius 1 is 1.02 bits per heavy atom. The molecule has 0 aliphatic carbocycles. The van der Waals surface area contributed by atoms with E-state index in [4.69, 9.17) is 5.73 Å². The Hall–Kier alpha value is -5.40. The van der Waals surface area contributed by atoms with Crippen LogP contribution in [0.3, 0.4) is 0 Å². The van der Waals surface area contributed by atoms with E-state index in [0.717, 1.165) is 16.8 Å². The second-order valence-corrected chi connectivity index (χ2v) is 9.14. The van der Waals surface area contributed by atoms with Crippen LogP contribution in [0.2, 0.25) is 0 Å². The Kier molecular flexibility index (Phi) is 6.61. The molecule has 2 aromatic carbocycles. The smallest absolute Gasteiger partial charge is 0.385 e. The van der Waals surface area contributed by atoms with Crippen LogP contribution in [0.5, 0.6) is 0 Å². The van der Waals surface area contributed by atoms with Gasteiger partial charge in [0.05, 0.1) is 22.5 Å². The van der Waals surface area contributed by atoms with Crippen molar-refractivity contribution >= 4 is 28.7 Å². The van der Waals surface area contributed by atoms with E-state index in [2.05, 4.69) is 20.8 Å². The lowest BCUT2D eigenvalue weighted by molar-refractivity contribution is -0.137. The molecular weight excluding hydrogens is 541 g/mol. The third-order valence-corrected chi connectivity index (χ3v) is 6.44. The van der Waals surface area contributed by atoms with E-state index < -0.39 is 23.6 Å². The van der Waals surface area contributed by atoms with Crippen molar-refractivity contribution < 1.29 is 22.8 Å². The van der Waals surface area contributed by atoms with Crippen molar-refractivity contribution in [3.8, 4) is 16.9 Å². The second-order valence-electron chi connectivity index (χ2n) is 9.14. The summed E-state index contributed by atoms with van der Waals surface area (Å²) in [6.45, 7) is 1.69. The summed E-state index contributed by atoms with van der Waals surface area (Å²) in [6.07, 6.45) is -3.96. The van der Waals surface area contributed by atoms with Gasteiger partial charge in [-0.25, -0.2) is 18.6 Å². The van der Waals surface area contributed by atoms with Gasteiger partial charge in [0.2, 0.25) is 5.91 Å². The maximum Gasteiger partial charge on any atom is 0.417 e. The average Bonchev–Trinajstić information content (AvgIpc) is 3.43. The zero-order valence-corrected chi connectivity index (χ0v) is 21.9. The van der Waals surface area contributed by atoms with Gasteiger partial charge in [0, 0.05) is 37.1 Å². The summed E-state index contributed by atoms with van der Waals surface area (Å²) in [7, 11) is 3.09. The molecular formula is C27H23F3N8O3. The average molecular weight is 565 g/mol. The first-order valence-electron chi connectivity index (χ1n) is 12.1. The molecule has 5 aromatic rings. The van der Waals surface area contributed by atoms with Crippen LogP contribution < -0.4 is 22.1 Å². The van der Waals surface area contributed by atoms with Gasteiger partial charge in [-0.2, -0.15) is 23.4 Å². The lowest BCUT2D eigenvalue weighted by Gasteiger charge is -2.13. The fraction of sp³-hybridized carbons (Fsp3) is 0.148. The third-order valence-electron chi connectivity index (χ3n) is 6.44. The second kappa shape index (κ2) is 9.97. The Labute approximate surface area is 230 Å². The number of nitrogens with zero attached hydrogens (tertiary/aromatic N) is 5. The number of hydrogen-bond donors (Lipinski definition) is 3. The van der Waals surface area contributed by atoms with Crippen LogP contribution in [0, 0.1) is 6.92 Å². The summed E-state index contributed by atoms with van der Waals surface area (Å²) in [5.41, 5.74) is 5.60. The van der Waals surface area contributed by atoms with Crippen molar-refractivity contribution in [3.05, 3.63) is 93.8 Å². The van der Waals surface area contributed by atoms with Crippen LogP contribution in [-0.2, 0) is 13.2 Å². The summed E-state index contributed by atoms with van der Waals surface area (Å²) >= 11 is 0. The number of hydrogen-bond acceptors (Lipinski definition) is 6. The number of rotatable bonds is 6. The van der Waals surface area contributed by atoms with E-state index in [-0.39, 0.29) is 33.7 Å². The Bertz CT molecular complexity index is 1890. The van der Waals surface area contributed by atoms with Gasteiger partial charge in [0.1, 0.15) is 17.0 Å². The topological polar surface area (TPSA) is 141 Å². The largest absolute Gasteiger partial charge is 0.417 e. The highest BCUT2D eigenvalue weighted by molar-refractivity contribution is 6.12. The molecule has 14 heteroatoms. The number of benzene rings is 2. The Morgan fingerprint density at radius 2 is 1.73 bits per heavy atom. The van der Waals surface area contributed by atoms with Crippen molar-refractivity contribution in [2.24, 2.45) is 12.8 Å². The summed E-state index contributed by atoms with van der Waals surface area (Å²) in [5.74, 6) is -1.10. The van der Waals surface area contributed by atoms with E-state index >= 15 is 0 Å². The molecule has 2 amide bonds. The van der Waals surface area contributed by atoms with Gasteiger partial charge >= 0.3 is 11.9 Å². The standard InChI is InChI=1S/C27H23F3N8O3/c1-14-34-36(3)26(41)38(14)19-9-7-15(8-10-19)21-22(32-2)23-20(12-17(27(28,29)30)13-37(23)35-21)25(40)33-18-6-4-5-16(11-18)24(31)39/h4-13,32H,1-3H3,(H2,31,39)(H,33,40). The fourth-order valence-corrected chi connectivity index (χ4v) is 4.55. The van der Waals surface area contributed by atoms with Gasteiger partial charge in [-0.1, -0.05) is 18.2 Å². The molecule has 0 bridgehead atoms. The van der Waals surface area contributed by atoms with Crippen molar-refractivity contribution in [2.75, 3.05) is 17.7 Å². The number of anilines is 2. The maximum atomic E-state index is 13.8. The first-order valence-corrected chi connectivity index (χ1v) is 12.1. The monoisotopic (exact) mass is 564 g/mol. The summed E-state index contributed by atoms with van der Waals surface area (Å²) in [4.78, 5) is 37.4. The summed E-state index contributed by atoms with van der Waals surface area (Å²) < 4.78 is 45.1. The number of primary amides is 1. The molecule has 3 aromatic heterocycles. The molecule has 41 heavy (non-hydrogen) atoms. The maximum absolute atomic E-state index is 13.8. The zero-order chi connectivity index (χ0) is 29.6. The van der Waals surface area contributed by atoms with Crippen molar-refractivity contribution in [1.82, 2.24) is 24.0 Å². The molecule has 0 atom stereocenters. The van der Waals surface area contributed by atoms with Gasteiger partial charge in [-0.15, -0.1) is 0 Å². The quantitative estimate of drug-likeness (QED) is 0.288. The molecule has 0 unspecified atom stereocenters. The fourth-order valence-electron chi connectivity index (χ4n) is 4.55. The summed E-state index contributed by atoms with van der Waals surface area (Å²) in [6, 6.07) is 13.1. The third kappa shape index (κ3) is 4.90. The van der Waals surface area contributed by atoms with Crippen LogP contribution in [0.4, 0.5) is 24.5 Å². The van der Waals surface area contributed by atoms with Crippen LogP contribution in [0.15, 0.2) is 65.6 Å². The molecule has 0 spiro atoms. The Morgan fingerprint density at radius 3 is 2.32 bits per heavy atom. The molecule has 0 aliphatic heterocycles. The minimum absolute atomic E-state index is 0.0995. The van der Waals surface area contributed by atoms with Gasteiger partial charge < -0.3 is 16.4 Å². The van der Waals surface area contributed by atoms with Gasteiger partial charge in [0.15, 0.2) is 0 Å². The molecule has 210 valence electrons. The van der Waals surface area contributed by atoms with Crippen molar-refractivity contribution in [1.29, 1.82) is 0 Å². The minimum atomic E-state index is -4.77. The normalized spacial score (nSPS) is 11.6. The number of aryl methyl sites for hydroxylation is 2. The van der Waals surface area contributed by atoms with Crippen molar-refractivity contribution in [3.63, 3.8) is 0 Å².